The molecule has 0 radical (unpaired) electrons. The third kappa shape index (κ3) is 4.27. The van der Waals surface area contributed by atoms with Gasteiger partial charge in [-0.3, -0.25) is 14.5 Å². The molecule has 7 heteroatoms. The zero-order valence-corrected chi connectivity index (χ0v) is 15.1. The number of aromatic hydroxyl groups is 1. The van der Waals surface area contributed by atoms with E-state index in [-0.39, 0.29) is 23.8 Å². The minimum Gasteiger partial charge on any atom is -0.507 e. The van der Waals surface area contributed by atoms with E-state index in [0.29, 0.717) is 10.1 Å². The lowest BCUT2D eigenvalue weighted by Crippen LogP contribution is -2.31. The standard InChI is InChI=1S/C20H17N3O3S/c1-2-12-23-19(26)17(13-14-8-4-3-5-9-14)27-20(23)22-21-18(25)15-10-6-7-11-16(15)24/h2-11,13,24H,1,12H2,(H,21,25)/b17-13-,22-20+. The fraction of sp³-hybridized carbons (Fsp3) is 0.0500. The molecule has 0 saturated carbocycles. The topological polar surface area (TPSA) is 82.0 Å². The number of phenols is 1. The molecule has 0 atom stereocenters. The number of nitrogens with zero attached hydrogens (tertiary/aromatic N) is 2. The lowest BCUT2D eigenvalue weighted by Gasteiger charge is -2.12. The highest BCUT2D eigenvalue weighted by molar-refractivity contribution is 8.18. The van der Waals surface area contributed by atoms with Crippen LogP contribution in [0.3, 0.4) is 0 Å². The van der Waals surface area contributed by atoms with E-state index in [1.165, 1.54) is 28.8 Å². The molecule has 0 spiro atoms. The zero-order valence-electron chi connectivity index (χ0n) is 14.3. The molecule has 1 heterocycles. The minimum atomic E-state index is -0.562. The lowest BCUT2D eigenvalue weighted by molar-refractivity contribution is -0.121. The normalized spacial score (nSPS) is 16.7. The highest BCUT2D eigenvalue weighted by Crippen LogP contribution is 2.32. The number of rotatable bonds is 5. The number of para-hydroxylation sites is 1. The van der Waals surface area contributed by atoms with Crippen molar-refractivity contribution in [1.82, 2.24) is 10.3 Å². The van der Waals surface area contributed by atoms with Crippen molar-refractivity contribution in [1.29, 1.82) is 0 Å². The van der Waals surface area contributed by atoms with Crippen LogP contribution in [0, 0.1) is 0 Å². The van der Waals surface area contributed by atoms with Gasteiger partial charge in [-0.05, 0) is 35.5 Å². The average molecular weight is 379 g/mol. The second-order valence-corrected chi connectivity index (χ2v) is 6.59. The second kappa shape index (κ2) is 8.37. The van der Waals surface area contributed by atoms with Crippen LogP contribution >= 0.6 is 11.8 Å². The molecule has 2 N–H and O–H groups in total. The molecular weight excluding hydrogens is 362 g/mol. The fourth-order valence-corrected chi connectivity index (χ4v) is 3.35. The molecule has 6 nitrogen and oxygen atoms in total. The number of hydrazone groups is 1. The van der Waals surface area contributed by atoms with E-state index in [1.54, 1.807) is 24.3 Å². The SMILES string of the molecule is C=CCN1C(=O)/C(=C/c2ccccc2)S/C1=N/NC(=O)c1ccccc1O. The van der Waals surface area contributed by atoms with E-state index >= 15 is 0 Å². The molecule has 1 aliphatic rings. The molecule has 3 rings (SSSR count). The van der Waals surface area contributed by atoms with Crippen molar-refractivity contribution >= 4 is 34.8 Å². The molecule has 1 fully saturated rings. The summed E-state index contributed by atoms with van der Waals surface area (Å²) in [6.45, 7) is 3.93. The highest BCUT2D eigenvalue weighted by Gasteiger charge is 2.33. The smallest absolute Gasteiger partial charge is 0.275 e. The molecule has 2 aromatic carbocycles. The van der Waals surface area contributed by atoms with Crippen LogP contribution in [0.4, 0.5) is 0 Å². The Morgan fingerprint density at radius 3 is 2.59 bits per heavy atom. The quantitative estimate of drug-likeness (QED) is 0.475. The molecule has 1 saturated heterocycles. The third-order valence-electron chi connectivity index (χ3n) is 3.70. The summed E-state index contributed by atoms with van der Waals surface area (Å²) < 4.78 is 0. The van der Waals surface area contributed by atoms with Crippen LogP contribution in [-0.4, -0.2) is 33.5 Å². The van der Waals surface area contributed by atoms with Gasteiger partial charge < -0.3 is 5.11 Å². The van der Waals surface area contributed by atoms with Crippen LogP contribution in [0.25, 0.3) is 6.08 Å². The Morgan fingerprint density at radius 1 is 1.19 bits per heavy atom. The number of hydrogen-bond donors (Lipinski definition) is 2. The van der Waals surface area contributed by atoms with Crippen molar-refractivity contribution < 1.29 is 14.7 Å². The molecule has 136 valence electrons. The van der Waals surface area contributed by atoms with Crippen LogP contribution in [0.2, 0.25) is 0 Å². The van der Waals surface area contributed by atoms with Crippen LogP contribution in [0.5, 0.6) is 5.75 Å². The molecule has 2 amide bonds. The Hall–Kier alpha value is -3.32. The minimum absolute atomic E-state index is 0.103. The van der Waals surface area contributed by atoms with E-state index in [2.05, 4.69) is 17.1 Å². The predicted molar refractivity (Wildman–Crippen MR) is 107 cm³/mol. The summed E-state index contributed by atoms with van der Waals surface area (Å²) in [7, 11) is 0. The second-order valence-electron chi connectivity index (χ2n) is 5.58. The van der Waals surface area contributed by atoms with Crippen LogP contribution < -0.4 is 5.43 Å². The Morgan fingerprint density at radius 2 is 1.89 bits per heavy atom. The van der Waals surface area contributed by atoms with Gasteiger partial charge in [-0.25, -0.2) is 5.43 Å². The molecule has 0 unspecified atom stereocenters. The largest absolute Gasteiger partial charge is 0.507 e. The zero-order chi connectivity index (χ0) is 19.2. The maximum atomic E-state index is 12.6. The summed E-state index contributed by atoms with van der Waals surface area (Å²) in [4.78, 5) is 26.8. The summed E-state index contributed by atoms with van der Waals surface area (Å²) in [6, 6.07) is 15.6. The van der Waals surface area contributed by atoms with Crippen molar-refractivity contribution in [2.24, 2.45) is 5.10 Å². The number of carbonyl (C=O) groups excluding carboxylic acids is 2. The number of nitrogens with one attached hydrogen (secondary N) is 1. The van der Waals surface area contributed by atoms with Gasteiger partial charge >= 0.3 is 0 Å². The summed E-state index contributed by atoms with van der Waals surface area (Å²) in [5.41, 5.74) is 3.39. The molecule has 1 aliphatic heterocycles. The molecule has 0 aliphatic carbocycles. The first kappa shape index (κ1) is 18.5. The number of hydrogen-bond acceptors (Lipinski definition) is 5. The van der Waals surface area contributed by atoms with Gasteiger partial charge in [-0.15, -0.1) is 11.7 Å². The Bertz CT molecular complexity index is 938. The summed E-state index contributed by atoms with van der Waals surface area (Å²) in [5.74, 6) is -0.912. The lowest BCUT2D eigenvalue weighted by atomic mass is 10.2. The van der Waals surface area contributed by atoms with Crippen LogP contribution in [0.1, 0.15) is 15.9 Å². The van der Waals surface area contributed by atoms with Crippen molar-refractivity contribution in [3.63, 3.8) is 0 Å². The summed E-state index contributed by atoms with van der Waals surface area (Å²) in [5, 5.41) is 14.2. The van der Waals surface area contributed by atoms with Gasteiger partial charge in [-0.2, -0.15) is 0 Å². The van der Waals surface area contributed by atoms with E-state index in [1.807, 2.05) is 30.3 Å². The molecule has 27 heavy (non-hydrogen) atoms. The van der Waals surface area contributed by atoms with Crippen molar-refractivity contribution in [3.05, 3.63) is 83.3 Å². The first-order valence-corrected chi connectivity index (χ1v) is 8.95. The number of thioether (sulfide) groups is 1. The van der Waals surface area contributed by atoms with Gasteiger partial charge in [0.15, 0.2) is 5.17 Å². The number of carbonyl (C=O) groups is 2. The first-order chi connectivity index (χ1) is 13.1. The van der Waals surface area contributed by atoms with Gasteiger partial charge in [0.25, 0.3) is 11.8 Å². The molecule has 0 bridgehead atoms. The summed E-state index contributed by atoms with van der Waals surface area (Å²) in [6.07, 6.45) is 3.36. The van der Waals surface area contributed by atoms with E-state index in [0.717, 1.165) is 5.56 Å². The van der Waals surface area contributed by atoms with Gasteiger partial charge in [0.1, 0.15) is 5.75 Å². The highest BCUT2D eigenvalue weighted by atomic mass is 32.2. The predicted octanol–water partition coefficient (Wildman–Crippen LogP) is 3.20. The maximum absolute atomic E-state index is 12.6. The first-order valence-electron chi connectivity index (χ1n) is 8.13. The van der Waals surface area contributed by atoms with Gasteiger partial charge in [0, 0.05) is 6.54 Å². The Kier molecular flexibility index (Phi) is 5.73. The van der Waals surface area contributed by atoms with E-state index in [4.69, 9.17) is 0 Å². The molecule has 0 aromatic heterocycles. The maximum Gasteiger partial charge on any atom is 0.275 e. The van der Waals surface area contributed by atoms with Crippen molar-refractivity contribution in [2.45, 2.75) is 0 Å². The fourth-order valence-electron chi connectivity index (χ4n) is 2.41. The number of amidine groups is 1. The number of amides is 2. The van der Waals surface area contributed by atoms with Gasteiger partial charge in [0.2, 0.25) is 0 Å². The van der Waals surface area contributed by atoms with E-state index < -0.39 is 5.91 Å². The Balaban J connectivity index is 1.82. The van der Waals surface area contributed by atoms with Crippen molar-refractivity contribution in [2.75, 3.05) is 6.54 Å². The monoisotopic (exact) mass is 379 g/mol. The van der Waals surface area contributed by atoms with Gasteiger partial charge in [0.05, 0.1) is 10.5 Å². The summed E-state index contributed by atoms with van der Waals surface area (Å²) >= 11 is 1.17. The van der Waals surface area contributed by atoms with Gasteiger partial charge in [-0.1, -0.05) is 48.5 Å². The van der Waals surface area contributed by atoms with E-state index in [9.17, 15) is 14.7 Å². The van der Waals surface area contributed by atoms with Crippen LogP contribution in [0.15, 0.2) is 77.3 Å². The molecular formula is C20H17N3O3S. The van der Waals surface area contributed by atoms with Crippen LogP contribution in [-0.2, 0) is 4.79 Å². The Labute approximate surface area is 160 Å². The third-order valence-corrected chi connectivity index (χ3v) is 4.71. The number of phenolic OH excluding ortho intramolecular Hbond substituents is 1. The average Bonchev–Trinajstić information content (AvgIpc) is 2.97. The molecule has 2 aromatic rings. The van der Waals surface area contributed by atoms with Crippen molar-refractivity contribution in [3.8, 4) is 5.75 Å². The number of benzene rings is 2.